The van der Waals surface area contributed by atoms with E-state index in [1.165, 1.54) is 148 Å². The molecule has 0 aliphatic heterocycles. The highest BCUT2D eigenvalue weighted by Gasteiger charge is 1.93. The summed E-state index contributed by atoms with van der Waals surface area (Å²) in [5.74, 6) is 0. The van der Waals surface area contributed by atoms with Crippen LogP contribution in [0.5, 0.6) is 0 Å². The molecule has 0 N–H and O–H groups in total. The summed E-state index contributed by atoms with van der Waals surface area (Å²) in [7, 11) is 0. The van der Waals surface area contributed by atoms with Crippen LogP contribution in [0.25, 0.3) is 0 Å². The monoisotopic (exact) mass is 378 g/mol. The van der Waals surface area contributed by atoms with E-state index in [0.717, 1.165) is 0 Å². The highest BCUT2D eigenvalue weighted by atomic mass is 14.0. The van der Waals surface area contributed by atoms with Crippen LogP contribution in [0, 0.1) is 0 Å². The summed E-state index contributed by atoms with van der Waals surface area (Å²) in [4.78, 5) is 0. The van der Waals surface area contributed by atoms with Crippen LogP contribution in [0.2, 0.25) is 0 Å². The summed E-state index contributed by atoms with van der Waals surface area (Å²) in [5, 5.41) is 0. The molecule has 0 amide bonds. The van der Waals surface area contributed by atoms with Crippen LogP contribution < -0.4 is 0 Å². The van der Waals surface area contributed by atoms with E-state index in [2.05, 4.69) is 26.0 Å². The highest BCUT2D eigenvalue weighted by molar-refractivity contribution is 4.81. The van der Waals surface area contributed by atoms with Crippen molar-refractivity contribution in [2.24, 2.45) is 0 Å². The zero-order valence-electron chi connectivity index (χ0n) is 19.4. The summed E-state index contributed by atoms with van der Waals surface area (Å²) in [6.45, 7) is 4.60. The number of hydrogen-bond acceptors (Lipinski definition) is 0. The van der Waals surface area contributed by atoms with Gasteiger partial charge in [0.25, 0.3) is 0 Å². The molecule has 27 heavy (non-hydrogen) atoms. The summed E-state index contributed by atoms with van der Waals surface area (Å²) >= 11 is 0. The molecule has 0 aromatic rings. The van der Waals surface area contributed by atoms with Gasteiger partial charge in [-0.15, -0.1) is 0 Å². The number of unbranched alkanes of at least 4 members (excludes halogenated alkanes) is 21. The van der Waals surface area contributed by atoms with Crippen LogP contribution in [-0.4, -0.2) is 0 Å². The molecule has 0 rings (SSSR count). The lowest BCUT2D eigenvalue weighted by molar-refractivity contribution is 0.550. The van der Waals surface area contributed by atoms with Gasteiger partial charge in [0.2, 0.25) is 0 Å². The Kier molecular flexibility index (Phi) is 25.5. The molecular formula is C27H54. The Balaban J connectivity index is 3.05. The summed E-state index contributed by atoms with van der Waals surface area (Å²) in [5.41, 5.74) is 0. The van der Waals surface area contributed by atoms with E-state index in [-0.39, 0.29) is 0 Å². The lowest BCUT2D eigenvalue weighted by Gasteiger charge is -2.02. The topological polar surface area (TPSA) is 0 Å². The average molecular weight is 379 g/mol. The maximum Gasteiger partial charge on any atom is -0.0351 e. The summed E-state index contributed by atoms with van der Waals surface area (Å²) < 4.78 is 0. The van der Waals surface area contributed by atoms with E-state index in [9.17, 15) is 0 Å². The zero-order valence-corrected chi connectivity index (χ0v) is 19.4. The van der Waals surface area contributed by atoms with Crippen molar-refractivity contribution in [3.05, 3.63) is 12.2 Å². The molecule has 0 aromatic carbocycles. The van der Waals surface area contributed by atoms with Crippen molar-refractivity contribution in [1.82, 2.24) is 0 Å². The third-order valence-corrected chi connectivity index (χ3v) is 5.87. The van der Waals surface area contributed by atoms with Gasteiger partial charge in [-0.05, 0) is 25.7 Å². The average Bonchev–Trinajstić information content (AvgIpc) is 2.68. The Morgan fingerprint density at radius 2 is 0.519 bits per heavy atom. The van der Waals surface area contributed by atoms with Crippen molar-refractivity contribution < 1.29 is 0 Å². The minimum absolute atomic E-state index is 1.31. The fourth-order valence-corrected chi connectivity index (χ4v) is 3.91. The quantitative estimate of drug-likeness (QED) is 0.122. The standard InChI is InChI=1S/C27H54/c1-3-5-7-9-11-13-15-17-19-21-23-25-27-26-24-22-20-18-16-14-12-10-8-6-4-2/h25,27H,3-24,26H2,1-2H3/b27-25-. The lowest BCUT2D eigenvalue weighted by atomic mass is 10.0. The first kappa shape index (κ1) is 26.7. The van der Waals surface area contributed by atoms with Gasteiger partial charge in [-0.2, -0.15) is 0 Å². The van der Waals surface area contributed by atoms with E-state index in [1.807, 2.05) is 0 Å². The Morgan fingerprint density at radius 1 is 0.296 bits per heavy atom. The van der Waals surface area contributed by atoms with E-state index in [1.54, 1.807) is 0 Å². The van der Waals surface area contributed by atoms with Crippen molar-refractivity contribution in [1.29, 1.82) is 0 Å². The number of rotatable bonds is 23. The molecule has 0 nitrogen and oxygen atoms in total. The molecule has 162 valence electrons. The van der Waals surface area contributed by atoms with Crippen LogP contribution in [0.4, 0.5) is 0 Å². The van der Waals surface area contributed by atoms with E-state index in [4.69, 9.17) is 0 Å². The zero-order chi connectivity index (χ0) is 19.7. The second-order valence-corrected chi connectivity index (χ2v) is 8.77. The first-order valence-corrected chi connectivity index (χ1v) is 13.1. The Hall–Kier alpha value is -0.260. The molecule has 0 heterocycles. The number of allylic oxidation sites excluding steroid dienone is 2. The predicted octanol–water partition coefficient (Wildman–Crippen LogP) is 10.6. The summed E-state index contributed by atoms with van der Waals surface area (Å²) in [6, 6.07) is 0. The van der Waals surface area contributed by atoms with Gasteiger partial charge in [-0.1, -0.05) is 148 Å². The Labute approximate surface area is 174 Å². The lowest BCUT2D eigenvalue weighted by Crippen LogP contribution is -1.82. The normalized spacial score (nSPS) is 11.6. The molecule has 0 bridgehead atoms. The van der Waals surface area contributed by atoms with Crippen molar-refractivity contribution >= 4 is 0 Å². The van der Waals surface area contributed by atoms with Crippen molar-refractivity contribution in [3.63, 3.8) is 0 Å². The maximum absolute atomic E-state index is 2.45. The van der Waals surface area contributed by atoms with Gasteiger partial charge in [0, 0.05) is 0 Å². The van der Waals surface area contributed by atoms with Crippen LogP contribution in [0.3, 0.4) is 0 Å². The Morgan fingerprint density at radius 3 is 0.778 bits per heavy atom. The molecule has 0 saturated carbocycles. The summed E-state index contributed by atoms with van der Waals surface area (Å²) in [6.07, 6.45) is 37.9. The highest BCUT2D eigenvalue weighted by Crippen LogP contribution is 2.13. The first-order chi connectivity index (χ1) is 13.4. The van der Waals surface area contributed by atoms with Gasteiger partial charge < -0.3 is 0 Å². The third-order valence-electron chi connectivity index (χ3n) is 5.87. The minimum Gasteiger partial charge on any atom is -0.0885 e. The molecule has 0 fully saturated rings. The number of hydrogen-bond donors (Lipinski definition) is 0. The van der Waals surface area contributed by atoms with Gasteiger partial charge in [-0.25, -0.2) is 0 Å². The van der Waals surface area contributed by atoms with E-state index in [0.29, 0.717) is 0 Å². The molecule has 0 spiro atoms. The molecule has 0 aromatic heterocycles. The third kappa shape index (κ3) is 25.7. The molecule has 0 saturated heterocycles. The van der Waals surface area contributed by atoms with Crippen LogP contribution >= 0.6 is 0 Å². The second kappa shape index (κ2) is 25.7. The minimum atomic E-state index is 1.31. The fraction of sp³-hybridized carbons (Fsp3) is 0.926. The first-order valence-electron chi connectivity index (χ1n) is 13.1. The fourth-order valence-electron chi connectivity index (χ4n) is 3.91. The van der Waals surface area contributed by atoms with Crippen LogP contribution in [-0.2, 0) is 0 Å². The van der Waals surface area contributed by atoms with E-state index < -0.39 is 0 Å². The van der Waals surface area contributed by atoms with E-state index >= 15 is 0 Å². The molecule has 0 unspecified atom stereocenters. The van der Waals surface area contributed by atoms with Crippen LogP contribution in [0.1, 0.15) is 162 Å². The molecule has 0 heteroatoms. The van der Waals surface area contributed by atoms with Gasteiger partial charge in [0.1, 0.15) is 0 Å². The molecule has 0 aliphatic rings. The Bertz CT molecular complexity index is 265. The molecule has 0 aliphatic carbocycles. The van der Waals surface area contributed by atoms with Crippen molar-refractivity contribution in [2.45, 2.75) is 162 Å². The van der Waals surface area contributed by atoms with Gasteiger partial charge in [0.15, 0.2) is 0 Å². The van der Waals surface area contributed by atoms with Crippen molar-refractivity contribution in [3.8, 4) is 0 Å². The smallest absolute Gasteiger partial charge is 0.0351 e. The maximum atomic E-state index is 2.45. The van der Waals surface area contributed by atoms with Crippen molar-refractivity contribution in [2.75, 3.05) is 0 Å². The molecule has 0 radical (unpaired) electrons. The predicted molar refractivity (Wildman–Crippen MR) is 127 cm³/mol. The molecular weight excluding hydrogens is 324 g/mol. The molecule has 0 atom stereocenters. The van der Waals surface area contributed by atoms with Gasteiger partial charge in [-0.3, -0.25) is 0 Å². The van der Waals surface area contributed by atoms with Gasteiger partial charge in [0.05, 0.1) is 0 Å². The second-order valence-electron chi connectivity index (χ2n) is 8.77. The van der Waals surface area contributed by atoms with Gasteiger partial charge >= 0.3 is 0 Å². The SMILES string of the molecule is CCCCCCCCCCCC/C=C\CCCCCCCCCCCCC. The largest absolute Gasteiger partial charge is 0.0885 e. The van der Waals surface area contributed by atoms with Crippen LogP contribution in [0.15, 0.2) is 12.2 Å².